The van der Waals surface area contributed by atoms with Gasteiger partial charge in [-0.25, -0.2) is 13.4 Å². The topological polar surface area (TPSA) is 49.4 Å². The van der Waals surface area contributed by atoms with E-state index in [0.717, 1.165) is 18.4 Å². The molecule has 3 rings (SSSR count). The maximum atomic E-state index is 13.0. The smallest absolute Gasteiger partial charge is 0.217 e. The van der Waals surface area contributed by atoms with Crippen LogP contribution in [-0.4, -0.2) is 33.1 Å². The lowest BCUT2D eigenvalue weighted by molar-refractivity contribution is 0.0459. The first-order valence-electron chi connectivity index (χ1n) is 9.00. The van der Waals surface area contributed by atoms with Crippen LogP contribution in [0.5, 0.6) is 0 Å². The van der Waals surface area contributed by atoms with Crippen LogP contribution in [0.3, 0.4) is 0 Å². The lowest BCUT2D eigenvalue weighted by Crippen LogP contribution is -2.61. The highest BCUT2D eigenvalue weighted by molar-refractivity contribution is 7.89. The standard InChI is InChI=1S/C19H30N2O2SSi/c1-14-7-9-16(10-8-14)24(22,23)20-21-18-15(2)13-19(21,3)12-11-17(18)25(4,5)6/h7-10,17-18,20H,2,11-13H2,1,3-6H3. The Morgan fingerprint density at radius 2 is 1.84 bits per heavy atom. The number of hydrazine groups is 1. The summed E-state index contributed by atoms with van der Waals surface area (Å²) in [5.74, 6) is 0. The van der Waals surface area contributed by atoms with Gasteiger partial charge in [0.15, 0.2) is 0 Å². The highest BCUT2D eigenvalue weighted by atomic mass is 32.2. The van der Waals surface area contributed by atoms with Crippen molar-refractivity contribution in [3.63, 3.8) is 0 Å². The summed E-state index contributed by atoms with van der Waals surface area (Å²) in [7, 11) is -5.01. The predicted molar refractivity (Wildman–Crippen MR) is 106 cm³/mol. The average Bonchev–Trinajstić information content (AvgIpc) is 2.62. The van der Waals surface area contributed by atoms with E-state index in [1.165, 1.54) is 12.0 Å². The molecule has 1 N–H and O–H groups in total. The summed E-state index contributed by atoms with van der Waals surface area (Å²) in [6.45, 7) is 15.6. The number of nitrogens with zero attached hydrogens (tertiary/aromatic N) is 1. The molecule has 1 aromatic rings. The molecule has 0 amide bonds. The monoisotopic (exact) mass is 378 g/mol. The van der Waals surface area contributed by atoms with Gasteiger partial charge in [-0.05, 0) is 50.8 Å². The van der Waals surface area contributed by atoms with Crippen molar-refractivity contribution in [3.05, 3.63) is 42.0 Å². The predicted octanol–water partition coefficient (Wildman–Crippen LogP) is 4.08. The van der Waals surface area contributed by atoms with Crippen molar-refractivity contribution in [1.29, 1.82) is 0 Å². The molecular formula is C19H30N2O2SSi. The van der Waals surface area contributed by atoms with Gasteiger partial charge in [0.25, 0.3) is 10.0 Å². The van der Waals surface area contributed by atoms with Gasteiger partial charge < -0.3 is 0 Å². The van der Waals surface area contributed by atoms with Gasteiger partial charge in [-0.2, -0.15) is 0 Å². The summed E-state index contributed by atoms with van der Waals surface area (Å²) in [5, 5.41) is 2.02. The van der Waals surface area contributed by atoms with Crippen LogP contribution in [0.2, 0.25) is 25.2 Å². The van der Waals surface area contributed by atoms with E-state index in [4.69, 9.17) is 0 Å². The second-order valence-corrected chi connectivity index (χ2v) is 16.2. The van der Waals surface area contributed by atoms with Crippen LogP contribution in [-0.2, 0) is 10.0 Å². The molecule has 2 aliphatic rings. The highest BCUT2D eigenvalue weighted by Gasteiger charge is 2.55. The van der Waals surface area contributed by atoms with Gasteiger partial charge >= 0.3 is 0 Å². The second-order valence-electron chi connectivity index (χ2n) is 9.07. The molecule has 0 radical (unpaired) electrons. The summed E-state index contributed by atoms with van der Waals surface area (Å²) in [6, 6.07) is 7.15. The third-order valence-electron chi connectivity index (χ3n) is 5.92. The number of sulfonamides is 1. The molecule has 6 heteroatoms. The van der Waals surface area contributed by atoms with E-state index in [1.54, 1.807) is 12.1 Å². The van der Waals surface area contributed by atoms with Gasteiger partial charge in [-0.3, -0.25) is 0 Å². The van der Waals surface area contributed by atoms with E-state index in [9.17, 15) is 8.42 Å². The van der Waals surface area contributed by atoms with Gasteiger partial charge in [0.1, 0.15) is 0 Å². The van der Waals surface area contributed by atoms with Gasteiger partial charge in [-0.1, -0.05) is 49.5 Å². The van der Waals surface area contributed by atoms with Crippen molar-refractivity contribution in [1.82, 2.24) is 9.84 Å². The third kappa shape index (κ3) is 3.37. The number of hydrogen-bond donors (Lipinski definition) is 1. The molecule has 3 unspecified atom stereocenters. The lowest BCUT2D eigenvalue weighted by atomic mass is 9.92. The zero-order chi connectivity index (χ0) is 18.6. The minimum absolute atomic E-state index is 0.116. The van der Waals surface area contributed by atoms with Crippen molar-refractivity contribution in [2.45, 2.75) is 74.8 Å². The molecule has 0 aromatic heterocycles. The number of fused-ring (bicyclic) bond motifs is 2. The van der Waals surface area contributed by atoms with Crippen molar-refractivity contribution in [2.24, 2.45) is 0 Å². The fraction of sp³-hybridized carbons (Fsp3) is 0.579. The molecule has 4 nitrogen and oxygen atoms in total. The van der Waals surface area contributed by atoms with Gasteiger partial charge in [0, 0.05) is 19.7 Å². The molecule has 2 bridgehead atoms. The van der Waals surface area contributed by atoms with E-state index >= 15 is 0 Å². The van der Waals surface area contributed by atoms with E-state index < -0.39 is 18.1 Å². The number of piperidine rings is 1. The molecular weight excluding hydrogens is 348 g/mol. The first kappa shape index (κ1) is 18.8. The Kier molecular flexibility index (Phi) is 4.55. The van der Waals surface area contributed by atoms with Gasteiger partial charge in [0.2, 0.25) is 0 Å². The number of nitrogens with one attached hydrogen (secondary N) is 1. The van der Waals surface area contributed by atoms with Crippen molar-refractivity contribution in [2.75, 3.05) is 0 Å². The highest BCUT2D eigenvalue weighted by Crippen LogP contribution is 2.53. The molecule has 25 heavy (non-hydrogen) atoms. The van der Waals surface area contributed by atoms with E-state index in [1.807, 2.05) is 24.1 Å². The summed E-state index contributed by atoms with van der Waals surface area (Å²) >= 11 is 0. The average molecular weight is 379 g/mol. The Hall–Kier alpha value is -0.953. The Morgan fingerprint density at radius 3 is 2.40 bits per heavy atom. The lowest BCUT2D eigenvalue weighted by Gasteiger charge is -2.48. The summed E-state index contributed by atoms with van der Waals surface area (Å²) < 4.78 is 25.9. The van der Waals surface area contributed by atoms with Gasteiger partial charge in [0.05, 0.1) is 4.90 Å². The fourth-order valence-electron chi connectivity index (χ4n) is 4.47. The fourth-order valence-corrected chi connectivity index (χ4v) is 8.00. The molecule has 1 aromatic carbocycles. The largest absolute Gasteiger partial charge is 0.253 e. The van der Waals surface area contributed by atoms with Crippen molar-refractivity contribution in [3.8, 4) is 0 Å². The first-order valence-corrected chi connectivity index (χ1v) is 14.1. The molecule has 0 aliphatic carbocycles. The van der Waals surface area contributed by atoms with Crippen LogP contribution in [0, 0.1) is 6.92 Å². The van der Waals surface area contributed by atoms with Crippen LogP contribution < -0.4 is 4.83 Å². The van der Waals surface area contributed by atoms with Gasteiger partial charge in [-0.15, -0.1) is 4.83 Å². The van der Waals surface area contributed by atoms with Crippen molar-refractivity contribution < 1.29 is 8.42 Å². The zero-order valence-corrected chi connectivity index (χ0v) is 17.8. The van der Waals surface area contributed by atoms with Crippen LogP contribution in [0.25, 0.3) is 0 Å². The van der Waals surface area contributed by atoms with E-state index in [-0.39, 0.29) is 11.6 Å². The number of hydrogen-bond acceptors (Lipinski definition) is 3. The summed E-state index contributed by atoms with van der Waals surface area (Å²) in [6.07, 6.45) is 3.04. The van der Waals surface area contributed by atoms with E-state index in [0.29, 0.717) is 10.4 Å². The number of rotatable bonds is 4. The molecule has 2 saturated heterocycles. The summed E-state index contributed by atoms with van der Waals surface area (Å²) in [4.78, 5) is 3.25. The molecule has 2 heterocycles. The van der Waals surface area contributed by atoms with Crippen LogP contribution >= 0.6 is 0 Å². The Balaban J connectivity index is 1.95. The molecule has 0 spiro atoms. The Labute approximate surface area is 153 Å². The van der Waals surface area contributed by atoms with E-state index in [2.05, 4.69) is 38.0 Å². The third-order valence-corrected chi connectivity index (χ3v) is 10.1. The van der Waals surface area contributed by atoms with Crippen LogP contribution in [0.15, 0.2) is 41.3 Å². The Morgan fingerprint density at radius 1 is 1.24 bits per heavy atom. The normalized spacial score (nSPS) is 30.7. The molecule has 2 aliphatic heterocycles. The Bertz CT molecular complexity index is 783. The molecule has 0 saturated carbocycles. The zero-order valence-electron chi connectivity index (χ0n) is 16.0. The number of benzene rings is 1. The molecule has 2 fully saturated rings. The second kappa shape index (κ2) is 6.05. The first-order chi connectivity index (χ1) is 11.4. The maximum absolute atomic E-state index is 13.0. The SMILES string of the molecule is C=C1CC2(C)CCC([Si](C)(C)C)C1N2NS(=O)(=O)c1ccc(C)cc1. The summed E-state index contributed by atoms with van der Waals surface area (Å²) in [5.41, 5.74) is 2.59. The molecule has 138 valence electrons. The van der Waals surface area contributed by atoms with Crippen LogP contribution in [0.4, 0.5) is 0 Å². The minimum Gasteiger partial charge on any atom is -0.217 e. The number of aryl methyl sites for hydroxylation is 1. The van der Waals surface area contributed by atoms with Crippen LogP contribution in [0.1, 0.15) is 31.7 Å². The molecule has 3 atom stereocenters. The maximum Gasteiger partial charge on any atom is 0.253 e. The quantitative estimate of drug-likeness (QED) is 0.634. The van der Waals surface area contributed by atoms with Crippen molar-refractivity contribution >= 4 is 18.1 Å². The minimum atomic E-state index is -3.58.